The smallest absolute Gasteiger partial charge is 0.191 e. The summed E-state index contributed by atoms with van der Waals surface area (Å²) in [5.41, 5.74) is 1.68. The molecular weight excluding hydrogens is 438 g/mol. The van der Waals surface area contributed by atoms with Crippen LogP contribution in [0.1, 0.15) is 30.1 Å². The van der Waals surface area contributed by atoms with Crippen LogP contribution in [0.4, 0.5) is 0 Å². The van der Waals surface area contributed by atoms with Gasteiger partial charge in [-0.25, -0.2) is 0 Å². The number of benzene rings is 2. The molecule has 28 heavy (non-hydrogen) atoms. The van der Waals surface area contributed by atoms with Gasteiger partial charge in [-0.05, 0) is 37.6 Å². The van der Waals surface area contributed by atoms with Crippen molar-refractivity contribution in [3.05, 3.63) is 58.6 Å². The van der Waals surface area contributed by atoms with E-state index in [-0.39, 0.29) is 5.78 Å². The van der Waals surface area contributed by atoms with E-state index in [1.807, 2.05) is 48.5 Å². The van der Waals surface area contributed by atoms with E-state index in [9.17, 15) is 4.79 Å². The molecule has 0 atom stereocenters. The maximum atomic E-state index is 12.3. The second-order valence-electron chi connectivity index (χ2n) is 6.13. The van der Waals surface area contributed by atoms with E-state index in [0.717, 1.165) is 51.0 Å². The van der Waals surface area contributed by atoms with Crippen molar-refractivity contribution in [2.75, 3.05) is 12.9 Å². The normalized spacial score (nSPS) is 10.8. The summed E-state index contributed by atoms with van der Waals surface area (Å²) in [7, 11) is 1.66. The molecule has 0 aliphatic heterocycles. The maximum absolute atomic E-state index is 12.3. The van der Waals surface area contributed by atoms with Crippen molar-refractivity contribution in [2.24, 2.45) is 0 Å². The lowest BCUT2D eigenvalue weighted by Crippen LogP contribution is -2.02. The number of para-hydroxylation sites is 1. The van der Waals surface area contributed by atoms with E-state index in [4.69, 9.17) is 4.74 Å². The van der Waals surface area contributed by atoms with E-state index >= 15 is 0 Å². The summed E-state index contributed by atoms with van der Waals surface area (Å²) in [5, 5.41) is 9.59. The number of ether oxygens (including phenoxy) is 1. The third-order valence-electron chi connectivity index (χ3n) is 4.33. The Kier molecular flexibility index (Phi) is 7.28. The molecule has 3 aromatic rings. The van der Waals surface area contributed by atoms with Gasteiger partial charge >= 0.3 is 0 Å². The Morgan fingerprint density at radius 3 is 2.61 bits per heavy atom. The van der Waals surface area contributed by atoms with Crippen molar-refractivity contribution in [1.29, 1.82) is 0 Å². The molecule has 0 spiro atoms. The number of hydrogen-bond acceptors (Lipinski definition) is 5. The van der Waals surface area contributed by atoms with E-state index in [1.165, 1.54) is 0 Å². The highest BCUT2D eigenvalue weighted by molar-refractivity contribution is 9.10. The van der Waals surface area contributed by atoms with Gasteiger partial charge in [-0.3, -0.25) is 4.79 Å². The van der Waals surface area contributed by atoms with Gasteiger partial charge < -0.3 is 9.30 Å². The molecule has 0 aliphatic rings. The number of halogens is 1. The molecule has 0 saturated heterocycles. The average Bonchev–Trinajstić information content (AvgIpc) is 3.14. The summed E-state index contributed by atoms with van der Waals surface area (Å²) in [6, 6.07) is 15.3. The van der Waals surface area contributed by atoms with Crippen LogP contribution in [0.25, 0.3) is 11.4 Å². The molecule has 0 aliphatic carbocycles. The van der Waals surface area contributed by atoms with Crippen LogP contribution >= 0.6 is 27.7 Å². The Hall–Kier alpha value is -2.12. The minimum absolute atomic E-state index is 0.166. The van der Waals surface area contributed by atoms with Gasteiger partial charge in [0, 0.05) is 28.8 Å². The molecule has 0 amide bonds. The summed E-state index contributed by atoms with van der Waals surface area (Å²) in [6.45, 7) is 2.84. The number of rotatable bonds is 9. The highest BCUT2D eigenvalue weighted by Gasteiger charge is 2.16. The van der Waals surface area contributed by atoms with Crippen LogP contribution in [0.2, 0.25) is 0 Å². The Balaban J connectivity index is 1.61. The van der Waals surface area contributed by atoms with Gasteiger partial charge in [-0.15, -0.1) is 10.2 Å². The number of nitrogens with zero attached hydrogens (tertiary/aromatic N) is 3. The summed E-state index contributed by atoms with van der Waals surface area (Å²) in [5.74, 6) is 2.56. The number of Topliss-reactive ketones (excluding diaryl/α,β-unsaturated/α-hetero) is 1. The number of methoxy groups -OCH3 is 1. The number of carbonyl (C=O) groups excluding carboxylic acids is 1. The van der Waals surface area contributed by atoms with Gasteiger partial charge in [-0.1, -0.05) is 52.0 Å². The molecule has 7 heteroatoms. The minimum Gasteiger partial charge on any atom is -0.496 e. The SMILES string of the molecule is CCn1c(SCCCC(=O)c2ccc(Br)cc2)nnc1-c1ccccc1OC. The molecule has 1 aromatic heterocycles. The molecule has 2 aromatic carbocycles. The van der Waals surface area contributed by atoms with Crippen LogP contribution in [0.3, 0.4) is 0 Å². The molecule has 3 rings (SSSR count). The fourth-order valence-electron chi connectivity index (χ4n) is 2.89. The average molecular weight is 460 g/mol. The quantitative estimate of drug-likeness (QED) is 0.240. The van der Waals surface area contributed by atoms with E-state index in [1.54, 1.807) is 18.9 Å². The molecular formula is C21H22BrN3O2S. The third-order valence-corrected chi connectivity index (χ3v) is 5.91. The first-order valence-corrected chi connectivity index (χ1v) is 10.9. The number of carbonyl (C=O) groups is 1. The molecule has 0 unspecified atom stereocenters. The zero-order chi connectivity index (χ0) is 19.9. The highest BCUT2D eigenvalue weighted by Crippen LogP contribution is 2.31. The highest BCUT2D eigenvalue weighted by atomic mass is 79.9. The number of ketones is 1. The Morgan fingerprint density at radius 2 is 1.89 bits per heavy atom. The third kappa shape index (κ3) is 4.83. The molecule has 146 valence electrons. The van der Waals surface area contributed by atoms with Gasteiger partial charge in [0.2, 0.25) is 0 Å². The maximum Gasteiger partial charge on any atom is 0.191 e. The summed E-state index contributed by atoms with van der Waals surface area (Å²) >= 11 is 5.02. The van der Waals surface area contributed by atoms with Gasteiger partial charge in [0.1, 0.15) is 5.75 Å². The lowest BCUT2D eigenvalue weighted by atomic mass is 10.1. The van der Waals surface area contributed by atoms with Crippen molar-refractivity contribution >= 4 is 33.5 Å². The van der Waals surface area contributed by atoms with Gasteiger partial charge in [-0.2, -0.15) is 0 Å². The predicted molar refractivity (Wildman–Crippen MR) is 116 cm³/mol. The second kappa shape index (κ2) is 9.89. The van der Waals surface area contributed by atoms with Crippen LogP contribution in [-0.4, -0.2) is 33.4 Å². The number of aromatic nitrogens is 3. The predicted octanol–water partition coefficient (Wildman–Crippen LogP) is 5.49. The van der Waals surface area contributed by atoms with Crippen LogP contribution < -0.4 is 4.74 Å². The fraction of sp³-hybridized carbons (Fsp3) is 0.286. The minimum atomic E-state index is 0.166. The Morgan fingerprint density at radius 1 is 1.14 bits per heavy atom. The van der Waals surface area contributed by atoms with Gasteiger partial charge in [0.25, 0.3) is 0 Å². The van der Waals surface area contributed by atoms with Crippen LogP contribution in [0.15, 0.2) is 58.2 Å². The molecule has 0 saturated carbocycles. The summed E-state index contributed by atoms with van der Waals surface area (Å²) in [6.07, 6.45) is 1.31. The second-order valence-corrected chi connectivity index (χ2v) is 8.11. The molecule has 0 radical (unpaired) electrons. The Bertz CT molecular complexity index is 941. The molecule has 0 fully saturated rings. The first-order chi connectivity index (χ1) is 13.6. The molecule has 0 bridgehead atoms. The van der Waals surface area contributed by atoms with Crippen molar-refractivity contribution < 1.29 is 9.53 Å². The lowest BCUT2D eigenvalue weighted by molar-refractivity contribution is 0.0982. The fourth-order valence-corrected chi connectivity index (χ4v) is 4.09. The summed E-state index contributed by atoms with van der Waals surface area (Å²) < 4.78 is 8.51. The number of hydrogen-bond donors (Lipinski definition) is 0. The topological polar surface area (TPSA) is 57.0 Å². The summed E-state index contributed by atoms with van der Waals surface area (Å²) in [4.78, 5) is 12.3. The van der Waals surface area contributed by atoms with Crippen molar-refractivity contribution in [3.63, 3.8) is 0 Å². The van der Waals surface area contributed by atoms with Crippen molar-refractivity contribution in [1.82, 2.24) is 14.8 Å². The van der Waals surface area contributed by atoms with Crippen molar-refractivity contribution in [2.45, 2.75) is 31.5 Å². The van der Waals surface area contributed by atoms with Gasteiger partial charge in [0.15, 0.2) is 16.8 Å². The van der Waals surface area contributed by atoms with Crippen molar-refractivity contribution in [3.8, 4) is 17.1 Å². The van der Waals surface area contributed by atoms with Crippen LogP contribution in [0, 0.1) is 0 Å². The molecule has 5 nitrogen and oxygen atoms in total. The molecule has 1 heterocycles. The van der Waals surface area contributed by atoms with E-state index in [2.05, 4.69) is 37.6 Å². The first kappa shape index (κ1) is 20.6. The number of thioether (sulfide) groups is 1. The van der Waals surface area contributed by atoms with E-state index in [0.29, 0.717) is 6.42 Å². The Labute approximate surface area is 177 Å². The van der Waals surface area contributed by atoms with Crippen LogP contribution in [0.5, 0.6) is 5.75 Å². The zero-order valence-corrected chi connectivity index (χ0v) is 18.3. The largest absolute Gasteiger partial charge is 0.496 e. The standard InChI is InChI=1S/C21H22BrN3O2S/c1-3-25-20(17-7-4-5-9-19(17)27-2)23-24-21(25)28-14-6-8-18(26)15-10-12-16(22)13-11-15/h4-5,7,9-13H,3,6,8,14H2,1-2H3. The van der Waals surface area contributed by atoms with Crippen LogP contribution in [-0.2, 0) is 6.54 Å². The zero-order valence-electron chi connectivity index (χ0n) is 15.9. The first-order valence-electron chi connectivity index (χ1n) is 9.12. The molecule has 0 N–H and O–H groups in total. The lowest BCUT2D eigenvalue weighted by Gasteiger charge is -2.10. The van der Waals surface area contributed by atoms with E-state index < -0.39 is 0 Å². The monoisotopic (exact) mass is 459 g/mol. The van der Waals surface area contributed by atoms with Gasteiger partial charge in [0.05, 0.1) is 12.7 Å².